The summed E-state index contributed by atoms with van der Waals surface area (Å²) < 4.78 is 10.4. The summed E-state index contributed by atoms with van der Waals surface area (Å²) in [6, 6.07) is 4.22. The Morgan fingerprint density at radius 1 is 1.15 bits per heavy atom. The van der Waals surface area contributed by atoms with Gasteiger partial charge in [-0.2, -0.15) is 4.98 Å². The first-order valence-corrected chi connectivity index (χ1v) is 9.05. The van der Waals surface area contributed by atoms with E-state index in [1.165, 1.54) is 6.42 Å². The number of ether oxygens (including phenoxy) is 2. The van der Waals surface area contributed by atoms with Gasteiger partial charge in [-0.3, -0.25) is 9.89 Å². The number of carbonyl (C=O) groups is 1. The molecule has 3 rings (SSSR count). The van der Waals surface area contributed by atoms with Crippen molar-refractivity contribution in [2.75, 3.05) is 33.4 Å². The zero-order chi connectivity index (χ0) is 18.5. The van der Waals surface area contributed by atoms with Crippen LogP contribution in [0.5, 0.6) is 6.01 Å². The molecule has 1 aromatic carbocycles. The molecule has 0 unspecified atom stereocenters. The Labute approximate surface area is 153 Å². The molecule has 2 heterocycles. The maximum atomic E-state index is 12.9. The molecule has 7 heteroatoms. The molecule has 1 amide bonds. The normalized spacial score (nSPS) is 14.5. The first kappa shape index (κ1) is 18.4. The van der Waals surface area contributed by atoms with Crippen LogP contribution in [0.15, 0.2) is 12.1 Å². The molecule has 0 aliphatic carbocycles. The molecule has 1 fully saturated rings. The largest absolute Gasteiger partial charge is 0.460 e. The minimum Gasteiger partial charge on any atom is -0.460 e. The first-order valence-electron chi connectivity index (χ1n) is 9.05. The molecule has 0 saturated carbocycles. The smallest absolute Gasteiger partial charge is 0.335 e. The third-order valence-corrected chi connectivity index (χ3v) is 4.68. The summed E-state index contributed by atoms with van der Waals surface area (Å²) in [6.07, 6.45) is 3.35. The van der Waals surface area contributed by atoms with Gasteiger partial charge in [0.1, 0.15) is 6.61 Å². The van der Waals surface area contributed by atoms with Crippen LogP contribution in [0.3, 0.4) is 0 Å². The Kier molecular flexibility index (Phi) is 5.88. The van der Waals surface area contributed by atoms with Gasteiger partial charge < -0.3 is 14.4 Å². The summed E-state index contributed by atoms with van der Waals surface area (Å²) in [4.78, 5) is 19.3. The average molecular weight is 358 g/mol. The highest BCUT2D eigenvalue weighted by Gasteiger charge is 2.21. The van der Waals surface area contributed by atoms with Gasteiger partial charge in [-0.25, -0.2) is 0 Å². The van der Waals surface area contributed by atoms with Crippen molar-refractivity contribution in [2.24, 2.45) is 0 Å². The first-order chi connectivity index (χ1) is 12.6. The van der Waals surface area contributed by atoms with Gasteiger partial charge in [-0.05, 0) is 50.3 Å². The molecule has 1 aromatic heterocycles. The number of H-pyrrole nitrogens is 1. The summed E-state index contributed by atoms with van der Waals surface area (Å²) in [6.45, 7) is 6.52. The van der Waals surface area contributed by atoms with Crippen molar-refractivity contribution in [3.05, 3.63) is 28.8 Å². The molecule has 0 atom stereocenters. The number of benzene rings is 1. The van der Waals surface area contributed by atoms with Crippen LogP contribution in [0.4, 0.5) is 0 Å². The van der Waals surface area contributed by atoms with Crippen molar-refractivity contribution >= 4 is 5.91 Å². The molecule has 1 N–H and O–H groups in total. The molecule has 1 aliphatic rings. The number of amides is 1. The second-order valence-corrected chi connectivity index (χ2v) is 6.64. The lowest BCUT2D eigenvalue weighted by Crippen LogP contribution is -2.36. The summed E-state index contributed by atoms with van der Waals surface area (Å²) in [5, 5.41) is 6.99. The van der Waals surface area contributed by atoms with Crippen molar-refractivity contribution in [2.45, 2.75) is 33.1 Å². The number of hydrogen-bond donors (Lipinski definition) is 1. The topological polar surface area (TPSA) is 80.3 Å². The molecule has 7 nitrogen and oxygen atoms in total. The minimum atomic E-state index is 0.0968. The fourth-order valence-corrected chi connectivity index (χ4v) is 3.25. The van der Waals surface area contributed by atoms with Crippen molar-refractivity contribution < 1.29 is 14.3 Å². The van der Waals surface area contributed by atoms with Gasteiger partial charge in [-0.1, -0.05) is 6.07 Å². The summed E-state index contributed by atoms with van der Waals surface area (Å²) in [5.74, 6) is 0.696. The van der Waals surface area contributed by atoms with E-state index < -0.39 is 0 Å². The lowest BCUT2D eigenvalue weighted by molar-refractivity contribution is 0.0723. The quantitative estimate of drug-likeness (QED) is 0.803. The second kappa shape index (κ2) is 8.31. The highest BCUT2D eigenvalue weighted by Crippen LogP contribution is 2.26. The van der Waals surface area contributed by atoms with Gasteiger partial charge in [0.25, 0.3) is 5.91 Å². The number of aryl methyl sites for hydroxylation is 2. The molecule has 0 radical (unpaired) electrons. The van der Waals surface area contributed by atoms with E-state index in [4.69, 9.17) is 9.47 Å². The standard InChI is InChI=1S/C19H26N4O3/c1-13-11-14(2)16(18(24)23-7-5-4-6-8-23)12-15(13)17-20-19(22-21-17)26-10-9-25-3/h11-12H,4-10H2,1-3H3,(H,20,21,22). The van der Waals surface area contributed by atoms with Crippen LogP contribution in [0, 0.1) is 13.8 Å². The molecular weight excluding hydrogens is 332 g/mol. The van der Waals surface area contributed by atoms with Crippen molar-refractivity contribution in [3.8, 4) is 17.4 Å². The molecule has 1 saturated heterocycles. The monoisotopic (exact) mass is 358 g/mol. The van der Waals surface area contributed by atoms with Gasteiger partial charge >= 0.3 is 6.01 Å². The third-order valence-electron chi connectivity index (χ3n) is 4.68. The van der Waals surface area contributed by atoms with Gasteiger partial charge in [0, 0.05) is 31.3 Å². The number of likely N-dealkylation sites (tertiary alicyclic amines) is 1. The Balaban J connectivity index is 1.84. The minimum absolute atomic E-state index is 0.0968. The Hall–Kier alpha value is -2.41. The predicted octanol–water partition coefficient (Wildman–Crippen LogP) is 2.74. The summed E-state index contributed by atoms with van der Waals surface area (Å²) in [5.41, 5.74) is 3.62. The van der Waals surface area contributed by atoms with Crippen molar-refractivity contribution in [1.29, 1.82) is 0 Å². The Morgan fingerprint density at radius 3 is 2.65 bits per heavy atom. The van der Waals surface area contributed by atoms with Crippen molar-refractivity contribution in [3.63, 3.8) is 0 Å². The fraction of sp³-hybridized carbons (Fsp3) is 0.526. The number of nitrogens with one attached hydrogen (secondary N) is 1. The number of nitrogens with zero attached hydrogens (tertiary/aromatic N) is 3. The third kappa shape index (κ3) is 4.04. The fourth-order valence-electron chi connectivity index (χ4n) is 3.25. The van der Waals surface area contributed by atoms with Gasteiger partial charge in [-0.15, -0.1) is 5.10 Å². The number of methoxy groups -OCH3 is 1. The van der Waals surface area contributed by atoms with Crippen LogP contribution >= 0.6 is 0 Å². The van der Waals surface area contributed by atoms with Crippen LogP contribution in [0.1, 0.15) is 40.7 Å². The lowest BCUT2D eigenvalue weighted by Gasteiger charge is -2.27. The molecule has 140 valence electrons. The SMILES string of the molecule is COCCOc1n[nH]c(-c2cc(C(=O)N3CCCCC3)c(C)cc2C)n1. The average Bonchev–Trinajstić information content (AvgIpc) is 3.11. The van der Waals surface area contributed by atoms with Crippen LogP contribution in [-0.4, -0.2) is 59.4 Å². The number of piperidine rings is 1. The summed E-state index contributed by atoms with van der Waals surface area (Å²) >= 11 is 0. The van der Waals surface area contributed by atoms with E-state index in [2.05, 4.69) is 15.2 Å². The van der Waals surface area contributed by atoms with Crippen molar-refractivity contribution in [1.82, 2.24) is 20.1 Å². The second-order valence-electron chi connectivity index (χ2n) is 6.64. The van der Waals surface area contributed by atoms with E-state index in [1.807, 2.05) is 30.9 Å². The highest BCUT2D eigenvalue weighted by molar-refractivity contribution is 5.97. The van der Waals surface area contributed by atoms with Gasteiger partial charge in [0.15, 0.2) is 5.82 Å². The van der Waals surface area contributed by atoms with E-state index in [1.54, 1.807) is 7.11 Å². The predicted molar refractivity (Wildman–Crippen MR) is 98.4 cm³/mol. The Morgan fingerprint density at radius 2 is 1.92 bits per heavy atom. The summed E-state index contributed by atoms with van der Waals surface area (Å²) in [7, 11) is 1.61. The van der Waals surface area contributed by atoms with Gasteiger partial charge in [0.2, 0.25) is 0 Å². The van der Waals surface area contributed by atoms with Gasteiger partial charge in [0.05, 0.1) is 6.61 Å². The van der Waals surface area contributed by atoms with Crippen LogP contribution in [0.25, 0.3) is 11.4 Å². The highest BCUT2D eigenvalue weighted by atomic mass is 16.5. The van der Waals surface area contributed by atoms with E-state index in [9.17, 15) is 4.79 Å². The molecule has 2 aromatic rings. The van der Waals surface area contributed by atoms with E-state index >= 15 is 0 Å². The molecular formula is C19H26N4O3. The van der Waals surface area contributed by atoms with E-state index in [0.29, 0.717) is 19.0 Å². The van der Waals surface area contributed by atoms with Crippen LogP contribution in [0.2, 0.25) is 0 Å². The van der Waals surface area contributed by atoms with E-state index in [0.717, 1.165) is 48.2 Å². The number of rotatable bonds is 6. The number of aromatic amines is 1. The maximum absolute atomic E-state index is 12.9. The molecule has 0 bridgehead atoms. The number of hydrogen-bond acceptors (Lipinski definition) is 5. The molecule has 0 spiro atoms. The zero-order valence-corrected chi connectivity index (χ0v) is 15.7. The number of aromatic nitrogens is 3. The van der Waals surface area contributed by atoms with E-state index in [-0.39, 0.29) is 11.9 Å². The Bertz CT molecular complexity index is 766. The number of carbonyl (C=O) groups excluding carboxylic acids is 1. The maximum Gasteiger partial charge on any atom is 0.335 e. The molecule has 26 heavy (non-hydrogen) atoms. The molecule has 1 aliphatic heterocycles. The van der Waals surface area contributed by atoms with Crippen LogP contribution in [-0.2, 0) is 4.74 Å². The lowest BCUT2D eigenvalue weighted by atomic mass is 9.98. The zero-order valence-electron chi connectivity index (χ0n) is 15.7. The van der Waals surface area contributed by atoms with Crippen LogP contribution < -0.4 is 4.74 Å².